The van der Waals surface area contributed by atoms with Crippen LogP contribution in [-0.4, -0.2) is 35.5 Å². The Bertz CT molecular complexity index is 261. The number of amides is 1. The van der Waals surface area contributed by atoms with Crippen molar-refractivity contribution in [3.63, 3.8) is 0 Å². The van der Waals surface area contributed by atoms with E-state index in [4.69, 9.17) is 5.11 Å². The molecule has 0 saturated carbocycles. The van der Waals surface area contributed by atoms with Gasteiger partial charge in [0, 0.05) is 13.1 Å². The zero-order valence-corrected chi connectivity index (χ0v) is 6.59. The number of nitrogens with one attached hydrogen (secondary N) is 1. The summed E-state index contributed by atoms with van der Waals surface area (Å²) in [4.78, 5) is 11.1. The highest BCUT2D eigenvalue weighted by Crippen LogP contribution is 2.29. The summed E-state index contributed by atoms with van der Waals surface area (Å²) in [5.41, 5.74) is -1.16. The Morgan fingerprint density at radius 2 is 2.15 bits per heavy atom. The molecule has 74 valence electrons. The van der Waals surface area contributed by atoms with Crippen LogP contribution in [-0.2, 0) is 4.79 Å². The molecule has 0 bridgehead atoms. The summed E-state index contributed by atoms with van der Waals surface area (Å²) in [6.45, 7) is 0. The van der Waals surface area contributed by atoms with Gasteiger partial charge in [-0.2, -0.15) is 13.2 Å². The highest BCUT2D eigenvalue weighted by Gasteiger charge is 2.41. The highest BCUT2D eigenvalue weighted by molar-refractivity contribution is 5.89. The molecule has 0 radical (unpaired) electrons. The van der Waals surface area contributed by atoms with E-state index in [0.29, 0.717) is 11.0 Å². The van der Waals surface area contributed by atoms with Crippen LogP contribution in [0.25, 0.3) is 0 Å². The average molecular weight is 196 g/mol. The molecular formula is C6H7F3N2O2. The maximum atomic E-state index is 12.1. The quantitative estimate of drug-likeness (QED) is 0.562. The van der Waals surface area contributed by atoms with Crippen LogP contribution >= 0.6 is 0 Å². The van der Waals surface area contributed by atoms with Crippen molar-refractivity contribution in [1.82, 2.24) is 10.2 Å². The largest absolute Gasteiger partial charge is 0.431 e. The molecule has 0 saturated heterocycles. The van der Waals surface area contributed by atoms with E-state index in [0.717, 1.165) is 7.05 Å². The third kappa shape index (κ3) is 1.92. The Morgan fingerprint density at radius 3 is 2.62 bits per heavy atom. The Labute approximate surface area is 71.6 Å². The van der Waals surface area contributed by atoms with E-state index in [1.807, 2.05) is 5.32 Å². The lowest BCUT2D eigenvalue weighted by Gasteiger charge is -2.32. The van der Waals surface area contributed by atoms with E-state index in [1.165, 1.54) is 0 Å². The second kappa shape index (κ2) is 2.91. The van der Waals surface area contributed by atoms with Crippen LogP contribution in [0.4, 0.5) is 13.2 Å². The van der Waals surface area contributed by atoms with Gasteiger partial charge in [-0.3, -0.25) is 4.79 Å². The van der Waals surface area contributed by atoms with Gasteiger partial charge in [-0.25, -0.2) is 0 Å². The van der Waals surface area contributed by atoms with Gasteiger partial charge in [0.1, 0.15) is 5.70 Å². The first-order valence-electron chi connectivity index (χ1n) is 3.32. The summed E-state index contributed by atoms with van der Waals surface area (Å²) in [6.07, 6.45) is -5.87. The molecule has 13 heavy (non-hydrogen) atoms. The van der Waals surface area contributed by atoms with Crippen LogP contribution in [0.1, 0.15) is 0 Å². The number of allylic oxidation sites excluding steroid dienone is 1. The fraction of sp³-hybridized carbons (Fsp3) is 0.500. The molecule has 1 unspecified atom stereocenters. The fourth-order valence-electron chi connectivity index (χ4n) is 0.905. The fourth-order valence-corrected chi connectivity index (χ4v) is 0.905. The summed E-state index contributed by atoms with van der Waals surface area (Å²) in [7, 11) is 1.03. The van der Waals surface area contributed by atoms with Crippen molar-refractivity contribution in [3.05, 3.63) is 11.8 Å². The molecule has 1 rings (SSSR count). The van der Waals surface area contributed by atoms with Crippen molar-refractivity contribution in [2.45, 2.75) is 12.5 Å². The smallest absolute Gasteiger partial charge is 0.356 e. The summed E-state index contributed by atoms with van der Waals surface area (Å²) >= 11 is 0. The summed E-state index contributed by atoms with van der Waals surface area (Å²) in [5, 5.41) is 10.8. The van der Waals surface area contributed by atoms with Crippen LogP contribution in [0.2, 0.25) is 0 Å². The minimum atomic E-state index is -4.63. The predicted molar refractivity (Wildman–Crippen MR) is 36.1 cm³/mol. The number of halogens is 3. The molecule has 0 fully saturated rings. The van der Waals surface area contributed by atoms with E-state index in [1.54, 1.807) is 0 Å². The van der Waals surface area contributed by atoms with Gasteiger partial charge >= 0.3 is 6.18 Å². The maximum Gasteiger partial charge on any atom is 0.431 e. The summed E-state index contributed by atoms with van der Waals surface area (Å²) in [5.74, 6) is -0.960. The SMILES string of the molecule is CN1C(C(F)(F)F)=CC(=O)NC1O. The van der Waals surface area contributed by atoms with Gasteiger partial charge < -0.3 is 15.3 Å². The second-order valence-corrected chi connectivity index (χ2v) is 2.52. The lowest BCUT2D eigenvalue weighted by atomic mass is 10.3. The minimum absolute atomic E-state index is 0.396. The van der Waals surface area contributed by atoms with Gasteiger partial charge in [-0.15, -0.1) is 0 Å². The van der Waals surface area contributed by atoms with Crippen LogP contribution in [0.5, 0.6) is 0 Å². The summed E-state index contributed by atoms with van der Waals surface area (Å²) in [6, 6.07) is 0. The Kier molecular flexibility index (Phi) is 2.21. The van der Waals surface area contributed by atoms with E-state index >= 15 is 0 Å². The number of hydrogen-bond donors (Lipinski definition) is 2. The molecule has 4 nitrogen and oxygen atoms in total. The molecule has 7 heteroatoms. The van der Waals surface area contributed by atoms with Crippen LogP contribution in [0.3, 0.4) is 0 Å². The first-order valence-corrected chi connectivity index (χ1v) is 3.32. The number of aliphatic hydroxyl groups is 1. The lowest BCUT2D eigenvalue weighted by Crippen LogP contribution is -2.51. The van der Waals surface area contributed by atoms with Crippen molar-refractivity contribution in [3.8, 4) is 0 Å². The Hall–Kier alpha value is -1.24. The van der Waals surface area contributed by atoms with Gasteiger partial charge in [0.25, 0.3) is 0 Å². The zero-order valence-electron chi connectivity index (χ0n) is 6.59. The second-order valence-electron chi connectivity index (χ2n) is 2.52. The standard InChI is InChI=1S/C6H7F3N2O2/c1-11-3(6(7,8)9)2-4(12)10-5(11)13/h2,5,13H,1H3,(H,10,12). The van der Waals surface area contributed by atoms with Crippen LogP contribution in [0, 0.1) is 0 Å². The molecule has 1 aliphatic rings. The number of nitrogens with zero attached hydrogens (tertiary/aromatic N) is 1. The molecule has 0 aromatic rings. The van der Waals surface area contributed by atoms with E-state index in [9.17, 15) is 18.0 Å². The molecule has 0 aromatic carbocycles. The molecule has 1 aliphatic heterocycles. The molecule has 0 aliphatic carbocycles. The number of hydrogen-bond acceptors (Lipinski definition) is 3. The lowest BCUT2D eigenvalue weighted by molar-refractivity contribution is -0.144. The summed E-state index contributed by atoms with van der Waals surface area (Å²) < 4.78 is 36.4. The molecule has 2 N–H and O–H groups in total. The third-order valence-electron chi connectivity index (χ3n) is 1.58. The topological polar surface area (TPSA) is 52.6 Å². The first-order chi connectivity index (χ1) is 5.82. The normalized spacial score (nSPS) is 24.1. The molecule has 1 amide bonds. The number of carbonyl (C=O) groups is 1. The number of aliphatic hydroxyl groups excluding tert-OH is 1. The maximum absolute atomic E-state index is 12.1. The molecular weight excluding hydrogens is 189 g/mol. The Morgan fingerprint density at radius 1 is 1.62 bits per heavy atom. The molecule has 1 heterocycles. The van der Waals surface area contributed by atoms with Crippen molar-refractivity contribution in [2.75, 3.05) is 7.05 Å². The zero-order chi connectivity index (χ0) is 10.2. The van der Waals surface area contributed by atoms with Crippen LogP contribution < -0.4 is 5.32 Å². The van der Waals surface area contributed by atoms with Gasteiger partial charge in [-0.05, 0) is 0 Å². The monoisotopic (exact) mass is 196 g/mol. The van der Waals surface area contributed by atoms with Crippen molar-refractivity contribution >= 4 is 5.91 Å². The molecule has 0 spiro atoms. The third-order valence-corrected chi connectivity index (χ3v) is 1.58. The van der Waals surface area contributed by atoms with Crippen molar-refractivity contribution in [2.24, 2.45) is 0 Å². The van der Waals surface area contributed by atoms with Gasteiger partial charge in [0.15, 0.2) is 0 Å². The van der Waals surface area contributed by atoms with Crippen LogP contribution in [0.15, 0.2) is 11.8 Å². The van der Waals surface area contributed by atoms with Gasteiger partial charge in [-0.1, -0.05) is 0 Å². The van der Waals surface area contributed by atoms with E-state index < -0.39 is 24.1 Å². The van der Waals surface area contributed by atoms with Gasteiger partial charge in [0.2, 0.25) is 12.3 Å². The Balaban J connectivity index is 3.00. The average Bonchev–Trinajstić information content (AvgIpc) is 1.94. The number of rotatable bonds is 0. The highest BCUT2D eigenvalue weighted by atomic mass is 19.4. The van der Waals surface area contributed by atoms with E-state index in [2.05, 4.69) is 0 Å². The van der Waals surface area contributed by atoms with Crippen molar-refractivity contribution in [1.29, 1.82) is 0 Å². The van der Waals surface area contributed by atoms with Crippen molar-refractivity contribution < 1.29 is 23.1 Å². The minimum Gasteiger partial charge on any atom is -0.356 e. The van der Waals surface area contributed by atoms with Gasteiger partial charge in [0.05, 0.1) is 0 Å². The number of carbonyl (C=O) groups excluding carboxylic acids is 1. The molecule has 0 aromatic heterocycles. The predicted octanol–water partition coefficient (Wildman–Crippen LogP) is -0.230. The number of alkyl halides is 3. The van der Waals surface area contributed by atoms with E-state index in [-0.39, 0.29) is 0 Å². The molecule has 1 atom stereocenters. The first kappa shape index (κ1) is 9.85.